The van der Waals surface area contributed by atoms with Crippen molar-refractivity contribution in [1.29, 1.82) is 0 Å². The standard InChI is InChI=1S/C19H21BrN6O2/c1-27-13-5-6-16(28-2)12(7-13)9-21-19-22-10-14(20)18(24-19)23-17-8-15(25-26-17)11-3-4-11/h5-8,10-11H,3-4,9H2,1-2H3,(H3,21,22,23,24,25,26). The van der Waals surface area contributed by atoms with Gasteiger partial charge in [0, 0.05) is 36.0 Å². The van der Waals surface area contributed by atoms with Gasteiger partial charge in [-0.3, -0.25) is 5.10 Å². The Morgan fingerprint density at radius 2 is 2.07 bits per heavy atom. The van der Waals surface area contributed by atoms with Crippen molar-refractivity contribution < 1.29 is 9.47 Å². The van der Waals surface area contributed by atoms with Crippen LogP contribution in [0.25, 0.3) is 0 Å². The number of ether oxygens (including phenoxy) is 2. The summed E-state index contributed by atoms with van der Waals surface area (Å²) in [6.45, 7) is 0.496. The molecule has 0 amide bonds. The minimum atomic E-state index is 0.494. The highest BCUT2D eigenvalue weighted by Gasteiger charge is 2.25. The molecule has 2 heterocycles. The molecule has 1 aliphatic rings. The molecule has 1 aliphatic carbocycles. The number of aromatic amines is 1. The number of nitrogens with one attached hydrogen (secondary N) is 3. The van der Waals surface area contributed by atoms with E-state index < -0.39 is 0 Å². The number of methoxy groups -OCH3 is 2. The Morgan fingerprint density at radius 1 is 1.21 bits per heavy atom. The van der Waals surface area contributed by atoms with Crippen LogP contribution < -0.4 is 20.1 Å². The maximum Gasteiger partial charge on any atom is 0.224 e. The summed E-state index contributed by atoms with van der Waals surface area (Å²) in [7, 11) is 3.28. The molecule has 146 valence electrons. The molecule has 0 atom stereocenters. The van der Waals surface area contributed by atoms with Gasteiger partial charge in [-0.25, -0.2) is 4.98 Å². The molecule has 0 aliphatic heterocycles. The summed E-state index contributed by atoms with van der Waals surface area (Å²) in [6.07, 6.45) is 4.15. The van der Waals surface area contributed by atoms with Gasteiger partial charge in [-0.15, -0.1) is 0 Å². The van der Waals surface area contributed by atoms with Crippen molar-refractivity contribution in [2.75, 3.05) is 24.9 Å². The van der Waals surface area contributed by atoms with E-state index in [0.29, 0.717) is 24.2 Å². The van der Waals surface area contributed by atoms with E-state index in [1.54, 1.807) is 20.4 Å². The summed E-state index contributed by atoms with van der Waals surface area (Å²) in [5.41, 5.74) is 2.11. The van der Waals surface area contributed by atoms with Gasteiger partial charge < -0.3 is 20.1 Å². The van der Waals surface area contributed by atoms with Crippen molar-refractivity contribution in [2.24, 2.45) is 0 Å². The Labute approximate surface area is 171 Å². The van der Waals surface area contributed by atoms with Crippen molar-refractivity contribution >= 4 is 33.5 Å². The molecule has 2 aromatic heterocycles. The molecule has 0 radical (unpaired) electrons. The number of rotatable bonds is 8. The molecule has 1 aromatic carbocycles. The maximum absolute atomic E-state index is 5.41. The Balaban J connectivity index is 1.47. The quantitative estimate of drug-likeness (QED) is 0.478. The first-order valence-electron chi connectivity index (χ1n) is 8.96. The van der Waals surface area contributed by atoms with Gasteiger partial charge in [0.05, 0.1) is 18.7 Å². The van der Waals surface area contributed by atoms with Gasteiger partial charge in [-0.2, -0.15) is 10.1 Å². The van der Waals surface area contributed by atoms with Gasteiger partial charge in [0.1, 0.15) is 11.5 Å². The first-order chi connectivity index (χ1) is 13.7. The Kier molecular flexibility index (Phi) is 5.34. The molecule has 0 spiro atoms. The Morgan fingerprint density at radius 3 is 2.82 bits per heavy atom. The number of benzene rings is 1. The fourth-order valence-corrected chi connectivity index (χ4v) is 3.15. The average Bonchev–Trinajstić information content (AvgIpc) is 3.47. The fraction of sp³-hybridized carbons (Fsp3) is 0.316. The van der Waals surface area contributed by atoms with Crippen LogP contribution in [-0.4, -0.2) is 34.4 Å². The molecule has 0 bridgehead atoms. The van der Waals surface area contributed by atoms with Crippen LogP contribution in [0.5, 0.6) is 11.5 Å². The van der Waals surface area contributed by atoms with E-state index in [9.17, 15) is 0 Å². The zero-order valence-electron chi connectivity index (χ0n) is 15.6. The van der Waals surface area contributed by atoms with Crippen molar-refractivity contribution in [1.82, 2.24) is 20.2 Å². The van der Waals surface area contributed by atoms with Crippen LogP contribution in [0, 0.1) is 0 Å². The largest absolute Gasteiger partial charge is 0.497 e. The van der Waals surface area contributed by atoms with Crippen LogP contribution in [0.3, 0.4) is 0 Å². The molecular formula is C19H21BrN6O2. The van der Waals surface area contributed by atoms with E-state index in [-0.39, 0.29) is 0 Å². The third kappa shape index (κ3) is 4.19. The lowest BCUT2D eigenvalue weighted by atomic mass is 10.2. The zero-order valence-corrected chi connectivity index (χ0v) is 17.2. The Hall–Kier alpha value is -2.81. The van der Waals surface area contributed by atoms with Gasteiger partial charge in [-0.05, 0) is 47.0 Å². The first-order valence-corrected chi connectivity index (χ1v) is 9.75. The molecule has 28 heavy (non-hydrogen) atoms. The topological polar surface area (TPSA) is 97.0 Å². The fourth-order valence-electron chi connectivity index (χ4n) is 2.86. The number of hydrogen-bond acceptors (Lipinski definition) is 7. The second-order valence-corrected chi connectivity index (χ2v) is 7.38. The van der Waals surface area contributed by atoms with Crippen molar-refractivity contribution in [3.8, 4) is 11.5 Å². The highest BCUT2D eigenvalue weighted by Crippen LogP contribution is 2.39. The smallest absolute Gasteiger partial charge is 0.224 e. The van der Waals surface area contributed by atoms with Gasteiger partial charge in [0.25, 0.3) is 0 Å². The van der Waals surface area contributed by atoms with Crippen molar-refractivity contribution in [3.63, 3.8) is 0 Å². The molecule has 3 aromatic rings. The SMILES string of the molecule is COc1ccc(OC)c(CNc2ncc(Br)c(Nc3cc(C4CC4)[nH]n3)n2)c1. The van der Waals surface area contributed by atoms with Crippen LogP contribution in [0.2, 0.25) is 0 Å². The molecule has 1 fully saturated rings. The van der Waals surface area contributed by atoms with Crippen LogP contribution in [0.4, 0.5) is 17.6 Å². The summed E-state index contributed by atoms with van der Waals surface area (Å²) in [6, 6.07) is 7.69. The Bertz CT molecular complexity index is 973. The highest BCUT2D eigenvalue weighted by atomic mass is 79.9. The van der Waals surface area contributed by atoms with E-state index in [0.717, 1.165) is 33.0 Å². The number of aromatic nitrogens is 4. The summed E-state index contributed by atoms with van der Waals surface area (Å²) >= 11 is 3.48. The minimum absolute atomic E-state index is 0.494. The van der Waals surface area contributed by atoms with Crippen LogP contribution in [0.15, 0.2) is 34.9 Å². The molecule has 1 saturated carbocycles. The zero-order chi connectivity index (χ0) is 19.5. The minimum Gasteiger partial charge on any atom is -0.497 e. The molecule has 9 heteroatoms. The number of hydrogen-bond donors (Lipinski definition) is 3. The first kappa shape index (κ1) is 18.5. The van der Waals surface area contributed by atoms with Crippen LogP contribution >= 0.6 is 15.9 Å². The van der Waals surface area contributed by atoms with E-state index in [4.69, 9.17) is 9.47 Å². The van der Waals surface area contributed by atoms with Crippen molar-refractivity contribution in [2.45, 2.75) is 25.3 Å². The van der Waals surface area contributed by atoms with E-state index in [2.05, 4.69) is 46.7 Å². The predicted octanol–water partition coefficient (Wildman–Crippen LogP) is 4.21. The van der Waals surface area contributed by atoms with E-state index in [1.807, 2.05) is 24.3 Å². The summed E-state index contributed by atoms with van der Waals surface area (Å²) < 4.78 is 11.5. The van der Waals surface area contributed by atoms with Crippen LogP contribution in [0.1, 0.15) is 30.0 Å². The molecule has 0 unspecified atom stereocenters. The molecule has 4 rings (SSSR count). The molecule has 0 saturated heterocycles. The van der Waals surface area contributed by atoms with Crippen molar-refractivity contribution in [3.05, 3.63) is 46.2 Å². The normalized spacial score (nSPS) is 13.2. The summed E-state index contributed by atoms with van der Waals surface area (Å²) in [5, 5.41) is 13.8. The van der Waals surface area contributed by atoms with E-state index >= 15 is 0 Å². The monoisotopic (exact) mass is 444 g/mol. The third-order valence-corrected chi connectivity index (χ3v) is 5.11. The number of anilines is 3. The van der Waals surface area contributed by atoms with Gasteiger partial charge in [0.2, 0.25) is 5.95 Å². The predicted molar refractivity (Wildman–Crippen MR) is 110 cm³/mol. The summed E-state index contributed by atoms with van der Waals surface area (Å²) in [5.74, 6) is 4.03. The number of halogens is 1. The van der Waals surface area contributed by atoms with Gasteiger partial charge >= 0.3 is 0 Å². The molecule has 8 nitrogen and oxygen atoms in total. The number of nitrogens with zero attached hydrogens (tertiary/aromatic N) is 3. The molecular weight excluding hydrogens is 424 g/mol. The summed E-state index contributed by atoms with van der Waals surface area (Å²) in [4.78, 5) is 8.87. The second-order valence-electron chi connectivity index (χ2n) is 6.53. The third-order valence-electron chi connectivity index (χ3n) is 4.53. The molecule has 3 N–H and O–H groups in total. The van der Waals surface area contributed by atoms with E-state index in [1.165, 1.54) is 12.8 Å². The average molecular weight is 445 g/mol. The maximum atomic E-state index is 5.41. The second kappa shape index (κ2) is 8.05. The van der Waals surface area contributed by atoms with Gasteiger partial charge in [0.15, 0.2) is 11.6 Å². The number of H-pyrrole nitrogens is 1. The lowest BCUT2D eigenvalue weighted by Gasteiger charge is -2.12. The van der Waals surface area contributed by atoms with Crippen LogP contribution in [-0.2, 0) is 6.54 Å². The lowest BCUT2D eigenvalue weighted by molar-refractivity contribution is 0.399. The highest BCUT2D eigenvalue weighted by molar-refractivity contribution is 9.10. The van der Waals surface area contributed by atoms with Gasteiger partial charge in [-0.1, -0.05) is 0 Å². The lowest BCUT2D eigenvalue weighted by Crippen LogP contribution is -2.07.